The fourth-order valence-electron chi connectivity index (χ4n) is 2.82. The maximum Gasteiger partial charge on any atom is 0.0521 e. The zero-order valence-corrected chi connectivity index (χ0v) is 10.4. The van der Waals surface area contributed by atoms with Crippen molar-refractivity contribution in [3.8, 4) is 0 Å². The molecule has 1 aliphatic carbocycles. The second-order valence-electron chi connectivity index (χ2n) is 5.10. The minimum Gasteiger partial charge on any atom is -0.317 e. The Labute approximate surface area is 98.2 Å². The molecule has 0 saturated heterocycles. The van der Waals surface area contributed by atoms with Gasteiger partial charge in [-0.05, 0) is 37.8 Å². The summed E-state index contributed by atoms with van der Waals surface area (Å²) in [5.41, 5.74) is 1.39. The third-order valence-corrected chi connectivity index (χ3v) is 3.72. The Morgan fingerprint density at radius 2 is 2.25 bits per heavy atom. The third-order valence-electron chi connectivity index (χ3n) is 3.72. The summed E-state index contributed by atoms with van der Waals surface area (Å²) in [6.45, 7) is 0. The molecule has 0 aliphatic heterocycles. The van der Waals surface area contributed by atoms with Crippen LogP contribution in [0.5, 0.6) is 0 Å². The molecule has 0 spiro atoms. The van der Waals surface area contributed by atoms with E-state index in [1.807, 2.05) is 17.9 Å². The van der Waals surface area contributed by atoms with Crippen LogP contribution in [0, 0.1) is 5.92 Å². The molecule has 3 heteroatoms. The van der Waals surface area contributed by atoms with Gasteiger partial charge in [0.15, 0.2) is 0 Å². The van der Waals surface area contributed by atoms with Gasteiger partial charge in [-0.25, -0.2) is 0 Å². The Kier molecular flexibility index (Phi) is 3.99. The molecule has 1 aliphatic rings. The summed E-state index contributed by atoms with van der Waals surface area (Å²) in [7, 11) is 4.09. The lowest BCUT2D eigenvalue weighted by molar-refractivity contribution is 0.400. The van der Waals surface area contributed by atoms with Crippen molar-refractivity contribution in [3.63, 3.8) is 0 Å². The molecule has 0 aromatic carbocycles. The molecule has 1 aromatic heterocycles. The minimum atomic E-state index is 0.726. The van der Waals surface area contributed by atoms with E-state index >= 15 is 0 Å². The van der Waals surface area contributed by atoms with Gasteiger partial charge in [0, 0.05) is 19.3 Å². The lowest BCUT2D eigenvalue weighted by Crippen LogP contribution is -2.26. The molecule has 3 nitrogen and oxygen atoms in total. The Bertz CT molecular complexity index is 319. The average Bonchev–Trinajstić information content (AvgIpc) is 2.55. The molecule has 0 bridgehead atoms. The number of aromatic nitrogens is 2. The van der Waals surface area contributed by atoms with E-state index in [1.54, 1.807) is 0 Å². The van der Waals surface area contributed by atoms with E-state index < -0.39 is 0 Å². The van der Waals surface area contributed by atoms with Crippen LogP contribution in [0.15, 0.2) is 12.4 Å². The summed E-state index contributed by atoms with van der Waals surface area (Å²) < 4.78 is 1.90. The van der Waals surface area contributed by atoms with E-state index in [2.05, 4.69) is 23.7 Å². The van der Waals surface area contributed by atoms with Crippen LogP contribution in [0.25, 0.3) is 0 Å². The van der Waals surface area contributed by atoms with Crippen molar-refractivity contribution in [3.05, 3.63) is 18.0 Å². The van der Waals surface area contributed by atoms with Gasteiger partial charge in [0.1, 0.15) is 0 Å². The number of rotatable bonds is 3. The first-order valence-corrected chi connectivity index (χ1v) is 6.42. The lowest BCUT2D eigenvalue weighted by Gasteiger charge is -2.18. The van der Waals surface area contributed by atoms with Gasteiger partial charge in [-0.1, -0.05) is 19.3 Å². The number of hydrogen-bond acceptors (Lipinski definition) is 2. The fraction of sp³-hybridized carbons (Fsp3) is 0.769. The third kappa shape index (κ3) is 3.08. The second-order valence-corrected chi connectivity index (χ2v) is 5.10. The molecule has 0 amide bonds. The molecule has 2 atom stereocenters. The molecule has 1 N–H and O–H groups in total. The molecular weight excluding hydrogens is 198 g/mol. The first-order chi connectivity index (χ1) is 7.78. The van der Waals surface area contributed by atoms with Crippen LogP contribution in [0.4, 0.5) is 0 Å². The summed E-state index contributed by atoms with van der Waals surface area (Å²) in [5, 5.41) is 7.69. The normalized spacial score (nSPS) is 26.6. The van der Waals surface area contributed by atoms with Crippen LogP contribution in [0.1, 0.15) is 37.7 Å². The predicted molar refractivity (Wildman–Crippen MR) is 66.3 cm³/mol. The Morgan fingerprint density at radius 3 is 2.94 bits per heavy atom. The standard InChI is InChI=1S/C13H23N3/c1-14-13-6-4-3-5-11(8-13)7-12-9-15-16(2)10-12/h9-11,13-14H,3-8H2,1-2H3. The number of nitrogens with zero attached hydrogens (tertiary/aromatic N) is 2. The van der Waals surface area contributed by atoms with Gasteiger partial charge in [0.2, 0.25) is 0 Å². The summed E-state index contributed by atoms with van der Waals surface area (Å²) in [4.78, 5) is 0. The van der Waals surface area contributed by atoms with Gasteiger partial charge in [-0.3, -0.25) is 4.68 Å². The van der Waals surface area contributed by atoms with Crippen molar-refractivity contribution < 1.29 is 0 Å². The highest BCUT2D eigenvalue weighted by atomic mass is 15.2. The van der Waals surface area contributed by atoms with Crippen LogP contribution >= 0.6 is 0 Å². The van der Waals surface area contributed by atoms with Gasteiger partial charge in [0.25, 0.3) is 0 Å². The van der Waals surface area contributed by atoms with E-state index in [0.29, 0.717) is 0 Å². The molecule has 0 radical (unpaired) electrons. The monoisotopic (exact) mass is 221 g/mol. The molecular formula is C13H23N3. The lowest BCUT2D eigenvalue weighted by atomic mass is 9.92. The molecule has 1 aromatic rings. The molecule has 1 heterocycles. The average molecular weight is 221 g/mol. The van der Waals surface area contributed by atoms with Crippen molar-refractivity contribution in [2.24, 2.45) is 13.0 Å². The maximum atomic E-state index is 4.25. The van der Waals surface area contributed by atoms with Crippen LogP contribution in [-0.4, -0.2) is 22.9 Å². The molecule has 2 rings (SSSR count). The topological polar surface area (TPSA) is 29.9 Å². The molecule has 1 saturated carbocycles. The quantitative estimate of drug-likeness (QED) is 0.792. The van der Waals surface area contributed by atoms with Crippen molar-refractivity contribution in [2.45, 2.75) is 44.6 Å². The van der Waals surface area contributed by atoms with Gasteiger partial charge in [0.05, 0.1) is 6.20 Å². The fourth-order valence-corrected chi connectivity index (χ4v) is 2.82. The van der Waals surface area contributed by atoms with Crippen molar-refractivity contribution >= 4 is 0 Å². The largest absolute Gasteiger partial charge is 0.317 e. The van der Waals surface area contributed by atoms with Crippen LogP contribution in [0.3, 0.4) is 0 Å². The highest BCUT2D eigenvalue weighted by Crippen LogP contribution is 2.26. The molecule has 90 valence electrons. The van der Waals surface area contributed by atoms with Crippen molar-refractivity contribution in [1.82, 2.24) is 15.1 Å². The van der Waals surface area contributed by atoms with Crippen LogP contribution < -0.4 is 5.32 Å². The van der Waals surface area contributed by atoms with Gasteiger partial charge < -0.3 is 5.32 Å². The first kappa shape index (κ1) is 11.6. The van der Waals surface area contributed by atoms with Gasteiger partial charge >= 0.3 is 0 Å². The van der Waals surface area contributed by atoms with Crippen molar-refractivity contribution in [1.29, 1.82) is 0 Å². The Balaban J connectivity index is 1.92. The van der Waals surface area contributed by atoms with Crippen molar-refractivity contribution in [2.75, 3.05) is 7.05 Å². The first-order valence-electron chi connectivity index (χ1n) is 6.42. The Morgan fingerprint density at radius 1 is 1.44 bits per heavy atom. The predicted octanol–water partition coefficient (Wildman–Crippen LogP) is 2.13. The van der Waals surface area contributed by atoms with E-state index in [4.69, 9.17) is 0 Å². The highest BCUT2D eigenvalue weighted by Gasteiger charge is 2.19. The second kappa shape index (κ2) is 5.48. The van der Waals surface area contributed by atoms with E-state index in [0.717, 1.165) is 12.0 Å². The molecule has 2 unspecified atom stereocenters. The number of aryl methyl sites for hydroxylation is 1. The molecule has 1 fully saturated rings. The van der Waals surface area contributed by atoms with Gasteiger partial charge in [-0.15, -0.1) is 0 Å². The maximum absolute atomic E-state index is 4.25. The minimum absolute atomic E-state index is 0.726. The van der Waals surface area contributed by atoms with E-state index in [9.17, 15) is 0 Å². The SMILES string of the molecule is CNC1CCCCC(Cc2cnn(C)c2)C1. The molecule has 16 heavy (non-hydrogen) atoms. The van der Waals surface area contributed by atoms with Crippen LogP contribution in [-0.2, 0) is 13.5 Å². The summed E-state index contributed by atoms with van der Waals surface area (Å²) in [5.74, 6) is 0.837. The highest BCUT2D eigenvalue weighted by molar-refractivity contribution is 5.05. The van der Waals surface area contributed by atoms with Gasteiger partial charge in [-0.2, -0.15) is 5.10 Å². The zero-order chi connectivity index (χ0) is 11.4. The summed E-state index contributed by atoms with van der Waals surface area (Å²) in [6.07, 6.45) is 12.2. The van der Waals surface area contributed by atoms with E-state index in [-0.39, 0.29) is 0 Å². The smallest absolute Gasteiger partial charge is 0.0521 e. The summed E-state index contributed by atoms with van der Waals surface area (Å²) >= 11 is 0. The number of hydrogen-bond donors (Lipinski definition) is 1. The number of nitrogens with one attached hydrogen (secondary N) is 1. The Hall–Kier alpha value is -0.830. The van der Waals surface area contributed by atoms with E-state index in [1.165, 1.54) is 44.1 Å². The summed E-state index contributed by atoms with van der Waals surface area (Å²) in [6, 6.07) is 0.726. The zero-order valence-electron chi connectivity index (χ0n) is 10.4. The van der Waals surface area contributed by atoms with Crippen LogP contribution in [0.2, 0.25) is 0 Å².